The van der Waals surface area contributed by atoms with E-state index in [1.54, 1.807) is 6.20 Å². The van der Waals surface area contributed by atoms with Crippen LogP contribution in [-0.4, -0.2) is 14.8 Å². The molecule has 0 atom stereocenters. The molecule has 5 nitrogen and oxygen atoms in total. The van der Waals surface area contributed by atoms with Crippen molar-refractivity contribution in [1.82, 2.24) is 14.8 Å². The minimum absolute atomic E-state index is 0.397. The van der Waals surface area contributed by atoms with Gasteiger partial charge in [0.25, 0.3) is 0 Å². The summed E-state index contributed by atoms with van der Waals surface area (Å²) in [7, 11) is 0. The Morgan fingerprint density at radius 2 is 2.24 bits per heavy atom. The van der Waals surface area contributed by atoms with Crippen molar-refractivity contribution in [2.45, 2.75) is 45.6 Å². The molecule has 2 aromatic rings. The molecule has 0 saturated carbocycles. The zero-order valence-electron chi connectivity index (χ0n) is 12.2. The second-order valence-electron chi connectivity index (χ2n) is 5.31. The second-order valence-corrected chi connectivity index (χ2v) is 5.31. The standard InChI is InChI=1S/C16H18N4O/c1-2-7-20-11-14(10-18-20)21-16-13(9-17)8-12-5-3-4-6-15(12)19-16/h8,10-11H,2-7H2,1H3. The number of aromatic nitrogens is 3. The fraction of sp³-hybridized carbons (Fsp3) is 0.438. The minimum atomic E-state index is 0.397. The fourth-order valence-electron chi connectivity index (χ4n) is 2.63. The molecule has 0 radical (unpaired) electrons. The summed E-state index contributed by atoms with van der Waals surface area (Å²) in [6.45, 7) is 2.95. The number of hydrogen-bond donors (Lipinski definition) is 0. The van der Waals surface area contributed by atoms with Gasteiger partial charge in [0.1, 0.15) is 11.6 Å². The molecule has 0 aromatic carbocycles. The Bertz CT molecular complexity index is 684. The zero-order valence-corrected chi connectivity index (χ0v) is 12.2. The van der Waals surface area contributed by atoms with Gasteiger partial charge >= 0.3 is 0 Å². The molecule has 0 aliphatic heterocycles. The van der Waals surface area contributed by atoms with Crippen LogP contribution in [0.1, 0.15) is 43.0 Å². The van der Waals surface area contributed by atoms with Crippen LogP contribution in [0.15, 0.2) is 18.5 Å². The summed E-state index contributed by atoms with van der Waals surface area (Å²) < 4.78 is 7.61. The van der Waals surface area contributed by atoms with E-state index in [4.69, 9.17) is 4.74 Å². The van der Waals surface area contributed by atoms with E-state index in [0.717, 1.165) is 37.9 Å². The number of nitriles is 1. The number of fused-ring (bicyclic) bond motifs is 1. The highest BCUT2D eigenvalue weighted by molar-refractivity contribution is 5.44. The average molecular weight is 282 g/mol. The molecule has 1 aliphatic carbocycles. The average Bonchev–Trinajstić information content (AvgIpc) is 2.94. The van der Waals surface area contributed by atoms with Gasteiger partial charge in [-0.15, -0.1) is 0 Å². The smallest absolute Gasteiger partial charge is 0.237 e. The van der Waals surface area contributed by atoms with E-state index >= 15 is 0 Å². The lowest BCUT2D eigenvalue weighted by Crippen LogP contribution is -2.07. The highest BCUT2D eigenvalue weighted by Gasteiger charge is 2.16. The molecule has 0 spiro atoms. The molecule has 2 heterocycles. The first-order valence-corrected chi connectivity index (χ1v) is 7.43. The van der Waals surface area contributed by atoms with Crippen LogP contribution >= 0.6 is 0 Å². The lowest BCUT2D eigenvalue weighted by atomic mass is 9.95. The SMILES string of the molecule is CCCn1cc(Oc2nc3c(cc2C#N)CCCC3)cn1. The molecular formula is C16H18N4O. The minimum Gasteiger partial charge on any atom is -0.434 e. The van der Waals surface area contributed by atoms with Crippen LogP contribution < -0.4 is 4.74 Å². The van der Waals surface area contributed by atoms with Gasteiger partial charge in [-0.2, -0.15) is 10.4 Å². The van der Waals surface area contributed by atoms with Crippen LogP contribution in [0.5, 0.6) is 11.6 Å². The summed E-state index contributed by atoms with van der Waals surface area (Å²) in [5, 5.41) is 13.5. The maximum atomic E-state index is 9.30. The van der Waals surface area contributed by atoms with Gasteiger partial charge in [0, 0.05) is 12.2 Å². The Kier molecular flexibility index (Phi) is 3.87. The van der Waals surface area contributed by atoms with Gasteiger partial charge in [0.15, 0.2) is 5.75 Å². The number of nitrogens with zero attached hydrogens (tertiary/aromatic N) is 4. The molecule has 0 N–H and O–H groups in total. The van der Waals surface area contributed by atoms with E-state index in [1.165, 1.54) is 12.0 Å². The van der Waals surface area contributed by atoms with Crippen molar-refractivity contribution in [3.8, 4) is 17.7 Å². The number of hydrogen-bond acceptors (Lipinski definition) is 4. The third-order valence-electron chi connectivity index (χ3n) is 3.66. The van der Waals surface area contributed by atoms with Crippen molar-refractivity contribution >= 4 is 0 Å². The number of ether oxygens (including phenoxy) is 1. The molecule has 3 rings (SSSR count). The largest absolute Gasteiger partial charge is 0.434 e. The van der Waals surface area contributed by atoms with E-state index < -0.39 is 0 Å². The summed E-state index contributed by atoms with van der Waals surface area (Å²) in [6.07, 6.45) is 8.81. The van der Waals surface area contributed by atoms with Crippen molar-refractivity contribution < 1.29 is 4.74 Å². The summed E-state index contributed by atoms with van der Waals surface area (Å²) in [5.41, 5.74) is 2.75. The summed E-state index contributed by atoms with van der Waals surface area (Å²) in [5.74, 6) is 1.03. The second kappa shape index (κ2) is 5.96. The summed E-state index contributed by atoms with van der Waals surface area (Å²) in [6, 6.07) is 4.11. The Balaban J connectivity index is 1.88. The number of aryl methyl sites for hydroxylation is 3. The van der Waals surface area contributed by atoms with Crippen LogP contribution in [0.25, 0.3) is 0 Å². The molecule has 0 amide bonds. The fourth-order valence-corrected chi connectivity index (χ4v) is 2.63. The lowest BCUT2D eigenvalue weighted by molar-refractivity contribution is 0.454. The molecule has 5 heteroatoms. The highest BCUT2D eigenvalue weighted by atomic mass is 16.5. The van der Waals surface area contributed by atoms with E-state index in [9.17, 15) is 5.26 Å². The topological polar surface area (TPSA) is 63.7 Å². The lowest BCUT2D eigenvalue weighted by Gasteiger charge is -2.16. The van der Waals surface area contributed by atoms with E-state index in [0.29, 0.717) is 17.2 Å². The summed E-state index contributed by atoms with van der Waals surface area (Å²) >= 11 is 0. The normalized spacial score (nSPS) is 13.5. The van der Waals surface area contributed by atoms with Gasteiger partial charge in [0.05, 0.1) is 12.4 Å². The van der Waals surface area contributed by atoms with Crippen LogP contribution in [0, 0.1) is 11.3 Å². The van der Waals surface area contributed by atoms with E-state index in [2.05, 4.69) is 23.1 Å². The van der Waals surface area contributed by atoms with Crippen molar-refractivity contribution in [2.24, 2.45) is 0 Å². The molecule has 2 aromatic heterocycles. The first-order chi connectivity index (χ1) is 10.3. The van der Waals surface area contributed by atoms with Gasteiger partial charge in [-0.05, 0) is 43.7 Å². The molecule has 0 unspecified atom stereocenters. The van der Waals surface area contributed by atoms with Crippen molar-refractivity contribution in [1.29, 1.82) is 5.26 Å². The first-order valence-electron chi connectivity index (χ1n) is 7.43. The number of pyridine rings is 1. The third-order valence-corrected chi connectivity index (χ3v) is 3.66. The van der Waals surface area contributed by atoms with Gasteiger partial charge in [-0.1, -0.05) is 6.92 Å². The molecule has 0 bridgehead atoms. The van der Waals surface area contributed by atoms with Crippen molar-refractivity contribution in [2.75, 3.05) is 0 Å². The quantitative estimate of drug-likeness (QED) is 0.863. The van der Waals surface area contributed by atoms with Gasteiger partial charge in [-0.3, -0.25) is 4.68 Å². The van der Waals surface area contributed by atoms with Gasteiger partial charge < -0.3 is 4.74 Å². The van der Waals surface area contributed by atoms with Crippen LogP contribution in [0.2, 0.25) is 0 Å². The highest BCUT2D eigenvalue weighted by Crippen LogP contribution is 2.28. The first kappa shape index (κ1) is 13.6. The predicted octanol–water partition coefficient (Wildman–Crippen LogP) is 3.23. The Hall–Kier alpha value is -2.35. The molecule has 21 heavy (non-hydrogen) atoms. The van der Waals surface area contributed by atoms with Crippen molar-refractivity contribution in [3.05, 3.63) is 35.3 Å². The maximum absolute atomic E-state index is 9.30. The van der Waals surface area contributed by atoms with Crippen LogP contribution in [-0.2, 0) is 19.4 Å². The number of rotatable bonds is 4. The van der Waals surface area contributed by atoms with Gasteiger partial charge in [0.2, 0.25) is 5.88 Å². The van der Waals surface area contributed by atoms with E-state index in [-0.39, 0.29) is 0 Å². The predicted molar refractivity (Wildman–Crippen MR) is 78.2 cm³/mol. The Morgan fingerprint density at radius 3 is 3.05 bits per heavy atom. The van der Waals surface area contributed by atoms with Crippen molar-refractivity contribution in [3.63, 3.8) is 0 Å². The molecule has 108 valence electrons. The van der Waals surface area contributed by atoms with Crippen LogP contribution in [0.4, 0.5) is 0 Å². The third kappa shape index (κ3) is 2.89. The molecular weight excluding hydrogens is 264 g/mol. The van der Waals surface area contributed by atoms with Gasteiger partial charge in [-0.25, -0.2) is 4.98 Å². The molecule has 1 aliphatic rings. The monoisotopic (exact) mass is 282 g/mol. The van der Waals surface area contributed by atoms with E-state index in [1.807, 2.05) is 16.9 Å². The van der Waals surface area contributed by atoms with Crippen LogP contribution in [0.3, 0.4) is 0 Å². The Morgan fingerprint density at radius 1 is 1.38 bits per heavy atom. The molecule has 0 saturated heterocycles. The maximum Gasteiger partial charge on any atom is 0.237 e. The summed E-state index contributed by atoms with van der Waals surface area (Å²) in [4.78, 5) is 4.55. The Labute approximate surface area is 124 Å². The zero-order chi connectivity index (χ0) is 14.7. The molecule has 0 fully saturated rings.